The number of nitriles is 1. The van der Waals surface area contributed by atoms with Crippen LogP contribution in [0.3, 0.4) is 0 Å². The van der Waals surface area contributed by atoms with Crippen LogP contribution in [0.5, 0.6) is 0 Å². The molecule has 0 spiro atoms. The maximum absolute atomic E-state index is 13.5. The summed E-state index contributed by atoms with van der Waals surface area (Å²) in [6, 6.07) is 23.1. The van der Waals surface area contributed by atoms with Gasteiger partial charge in [-0.25, -0.2) is 0 Å². The Morgan fingerprint density at radius 2 is 1.69 bits per heavy atom. The molecule has 1 unspecified atom stereocenters. The van der Waals surface area contributed by atoms with Crippen LogP contribution in [0.2, 0.25) is 15.1 Å². The molecule has 1 fully saturated rings. The molecular formula is C26H18Cl3N3O2S. The van der Waals surface area contributed by atoms with Crippen molar-refractivity contribution in [3.63, 3.8) is 0 Å². The zero-order valence-electron chi connectivity index (χ0n) is 18.2. The van der Waals surface area contributed by atoms with Crippen molar-refractivity contribution in [1.82, 2.24) is 5.32 Å². The number of hydrogen-bond donors (Lipinski definition) is 1. The number of thioether (sulfide) groups is 1. The highest BCUT2D eigenvalue weighted by atomic mass is 35.5. The van der Waals surface area contributed by atoms with Crippen LogP contribution >= 0.6 is 46.6 Å². The average molecular weight is 543 g/mol. The summed E-state index contributed by atoms with van der Waals surface area (Å²) in [5.74, 6) is -0.834. The van der Waals surface area contributed by atoms with Gasteiger partial charge in [-0.05, 0) is 60.0 Å². The Morgan fingerprint density at radius 1 is 1.00 bits per heavy atom. The fraction of sp³-hybridized carbons (Fsp3) is 0.115. The number of benzene rings is 3. The summed E-state index contributed by atoms with van der Waals surface area (Å²) in [6.07, 6.45) is 0.279. The molecule has 176 valence electrons. The van der Waals surface area contributed by atoms with Gasteiger partial charge in [-0.15, -0.1) is 0 Å². The van der Waals surface area contributed by atoms with Crippen LogP contribution in [0, 0.1) is 11.3 Å². The lowest BCUT2D eigenvalue weighted by atomic mass is 10.1. The molecule has 0 bridgehead atoms. The van der Waals surface area contributed by atoms with Crippen molar-refractivity contribution in [2.75, 3.05) is 4.90 Å². The summed E-state index contributed by atoms with van der Waals surface area (Å²) >= 11 is 19.7. The normalized spacial score (nSPS) is 16.7. The van der Waals surface area contributed by atoms with Gasteiger partial charge >= 0.3 is 0 Å². The Balaban J connectivity index is 1.69. The molecule has 0 aliphatic carbocycles. The van der Waals surface area contributed by atoms with Crippen molar-refractivity contribution in [3.8, 4) is 6.07 Å². The molecule has 4 rings (SSSR count). The molecule has 1 saturated heterocycles. The molecule has 3 aromatic rings. The average Bonchev–Trinajstić information content (AvgIpc) is 3.17. The van der Waals surface area contributed by atoms with E-state index in [1.165, 1.54) is 4.90 Å². The number of carbonyl (C=O) groups excluding carboxylic acids is 2. The Morgan fingerprint density at radius 3 is 2.37 bits per heavy atom. The SMILES string of the molecule is N#CC(C(=O)NCc1ccccc1)=C1SC(Cc2cc(Cl)ccc2Cl)C(=O)N1c1ccc(Cl)cc1. The predicted octanol–water partition coefficient (Wildman–Crippen LogP) is 6.39. The summed E-state index contributed by atoms with van der Waals surface area (Å²) in [4.78, 5) is 28.0. The van der Waals surface area contributed by atoms with E-state index < -0.39 is 11.2 Å². The van der Waals surface area contributed by atoms with Crippen molar-refractivity contribution in [2.45, 2.75) is 18.2 Å². The number of halogens is 3. The van der Waals surface area contributed by atoms with Crippen LogP contribution in [0.25, 0.3) is 0 Å². The van der Waals surface area contributed by atoms with Gasteiger partial charge in [-0.2, -0.15) is 5.26 Å². The van der Waals surface area contributed by atoms with Gasteiger partial charge in [-0.3, -0.25) is 14.5 Å². The van der Waals surface area contributed by atoms with E-state index in [2.05, 4.69) is 5.32 Å². The van der Waals surface area contributed by atoms with Gasteiger partial charge in [0.1, 0.15) is 16.7 Å². The molecule has 1 heterocycles. The van der Waals surface area contributed by atoms with Crippen molar-refractivity contribution >= 4 is 64.1 Å². The highest BCUT2D eigenvalue weighted by Crippen LogP contribution is 2.42. The molecule has 9 heteroatoms. The summed E-state index contributed by atoms with van der Waals surface area (Å²) in [5, 5.41) is 13.8. The largest absolute Gasteiger partial charge is 0.347 e. The van der Waals surface area contributed by atoms with Gasteiger partial charge in [0.2, 0.25) is 5.91 Å². The molecule has 0 radical (unpaired) electrons. The summed E-state index contributed by atoms with van der Waals surface area (Å²) < 4.78 is 0. The van der Waals surface area contributed by atoms with E-state index >= 15 is 0 Å². The monoisotopic (exact) mass is 541 g/mol. The number of nitrogens with one attached hydrogen (secondary N) is 1. The van der Waals surface area contributed by atoms with E-state index in [9.17, 15) is 14.9 Å². The number of nitrogens with zero attached hydrogens (tertiary/aromatic N) is 2. The molecule has 3 aromatic carbocycles. The Kier molecular flexibility index (Phi) is 8.04. The van der Waals surface area contributed by atoms with Crippen LogP contribution in [-0.2, 0) is 22.6 Å². The Hall–Kier alpha value is -2.95. The highest BCUT2D eigenvalue weighted by Gasteiger charge is 2.41. The first-order chi connectivity index (χ1) is 16.9. The van der Waals surface area contributed by atoms with Crippen LogP contribution in [0.1, 0.15) is 11.1 Å². The van der Waals surface area contributed by atoms with E-state index in [0.29, 0.717) is 26.3 Å². The minimum Gasteiger partial charge on any atom is -0.347 e. The standard InChI is InChI=1S/C26H18Cl3N3O2S/c27-18-6-9-20(10-7-18)32-25(34)23(13-17-12-19(28)8-11-22(17)29)35-26(32)21(14-30)24(33)31-15-16-4-2-1-3-5-16/h1-12,23H,13,15H2,(H,31,33). The summed E-state index contributed by atoms with van der Waals surface area (Å²) in [5.41, 5.74) is 1.95. The summed E-state index contributed by atoms with van der Waals surface area (Å²) in [6.45, 7) is 0.249. The van der Waals surface area contributed by atoms with E-state index in [0.717, 1.165) is 17.3 Å². The second kappa shape index (κ2) is 11.2. The first-order valence-corrected chi connectivity index (χ1v) is 12.6. The van der Waals surface area contributed by atoms with E-state index in [4.69, 9.17) is 34.8 Å². The number of anilines is 1. The van der Waals surface area contributed by atoms with E-state index in [1.807, 2.05) is 36.4 Å². The first kappa shape index (κ1) is 25.2. The van der Waals surface area contributed by atoms with E-state index in [1.54, 1.807) is 42.5 Å². The molecule has 1 aliphatic rings. The van der Waals surface area contributed by atoms with Gasteiger partial charge in [0.25, 0.3) is 5.91 Å². The maximum Gasteiger partial charge on any atom is 0.264 e. The Bertz CT molecular complexity index is 1340. The zero-order chi connectivity index (χ0) is 24.9. The molecule has 1 N–H and O–H groups in total. The number of rotatable bonds is 6. The summed E-state index contributed by atoms with van der Waals surface area (Å²) in [7, 11) is 0. The smallest absolute Gasteiger partial charge is 0.264 e. The molecule has 0 aromatic heterocycles. The molecule has 5 nitrogen and oxygen atoms in total. The molecule has 35 heavy (non-hydrogen) atoms. The third-order valence-corrected chi connectivity index (χ3v) is 7.42. The molecule has 1 atom stereocenters. The van der Waals surface area contributed by atoms with Crippen molar-refractivity contribution < 1.29 is 9.59 Å². The lowest BCUT2D eigenvalue weighted by Gasteiger charge is -2.19. The van der Waals surface area contributed by atoms with Crippen LogP contribution in [-0.4, -0.2) is 17.1 Å². The predicted molar refractivity (Wildman–Crippen MR) is 141 cm³/mol. The Labute approximate surface area is 222 Å². The fourth-order valence-corrected chi connectivity index (χ4v) is 5.39. The molecular weight excluding hydrogens is 525 g/mol. The third kappa shape index (κ3) is 5.83. The molecule has 2 amide bonds. The van der Waals surface area contributed by atoms with Gasteiger partial charge in [-0.1, -0.05) is 76.9 Å². The van der Waals surface area contributed by atoms with Crippen LogP contribution in [0.15, 0.2) is 83.4 Å². The molecule has 0 saturated carbocycles. The fourth-order valence-electron chi connectivity index (χ4n) is 3.58. The third-order valence-electron chi connectivity index (χ3n) is 5.30. The second-order valence-electron chi connectivity index (χ2n) is 7.66. The minimum atomic E-state index is -0.609. The van der Waals surface area contributed by atoms with Crippen LogP contribution < -0.4 is 10.2 Å². The van der Waals surface area contributed by atoms with Gasteiger partial charge in [0.05, 0.1) is 5.25 Å². The quantitative estimate of drug-likeness (QED) is 0.289. The zero-order valence-corrected chi connectivity index (χ0v) is 21.3. The van der Waals surface area contributed by atoms with Crippen molar-refractivity contribution in [1.29, 1.82) is 5.26 Å². The lowest BCUT2D eigenvalue weighted by Crippen LogP contribution is -2.32. The van der Waals surface area contributed by atoms with E-state index in [-0.39, 0.29) is 29.5 Å². The van der Waals surface area contributed by atoms with Crippen LogP contribution in [0.4, 0.5) is 5.69 Å². The van der Waals surface area contributed by atoms with Crippen molar-refractivity contribution in [2.24, 2.45) is 0 Å². The lowest BCUT2D eigenvalue weighted by molar-refractivity contribution is -0.117. The number of hydrogen-bond acceptors (Lipinski definition) is 4. The maximum atomic E-state index is 13.5. The number of carbonyl (C=O) groups is 2. The van der Waals surface area contributed by atoms with Crippen molar-refractivity contribution in [3.05, 3.63) is 110 Å². The van der Waals surface area contributed by atoms with Gasteiger partial charge in [0, 0.05) is 27.3 Å². The minimum absolute atomic E-state index is 0.145. The van der Waals surface area contributed by atoms with Gasteiger partial charge in [0.15, 0.2) is 0 Å². The molecule has 1 aliphatic heterocycles. The number of amides is 2. The topological polar surface area (TPSA) is 73.2 Å². The highest BCUT2D eigenvalue weighted by molar-refractivity contribution is 8.05. The second-order valence-corrected chi connectivity index (χ2v) is 10.1. The van der Waals surface area contributed by atoms with Gasteiger partial charge < -0.3 is 5.32 Å². The first-order valence-electron chi connectivity index (χ1n) is 10.5.